The lowest BCUT2D eigenvalue weighted by Gasteiger charge is -2.09. The van der Waals surface area contributed by atoms with E-state index in [-0.39, 0.29) is 0 Å². The van der Waals surface area contributed by atoms with Gasteiger partial charge in [-0.15, -0.1) is 16.4 Å². The van der Waals surface area contributed by atoms with Gasteiger partial charge in [0.15, 0.2) is 11.5 Å². The van der Waals surface area contributed by atoms with Crippen LogP contribution < -0.4 is 9.47 Å². The van der Waals surface area contributed by atoms with Crippen LogP contribution in [0.15, 0.2) is 28.7 Å². The highest BCUT2D eigenvalue weighted by Crippen LogP contribution is 2.38. The van der Waals surface area contributed by atoms with Crippen molar-refractivity contribution < 1.29 is 9.47 Å². The second-order valence-corrected chi connectivity index (χ2v) is 7.81. The van der Waals surface area contributed by atoms with Crippen molar-refractivity contribution in [2.45, 2.75) is 36.6 Å². The van der Waals surface area contributed by atoms with Crippen molar-refractivity contribution >= 4 is 23.1 Å². The Labute approximate surface area is 160 Å². The fourth-order valence-electron chi connectivity index (χ4n) is 2.58. The minimum Gasteiger partial charge on any atom is -0.493 e. The molecule has 1 saturated carbocycles. The van der Waals surface area contributed by atoms with E-state index in [2.05, 4.69) is 20.6 Å². The fourth-order valence-corrected chi connectivity index (χ4v) is 4.20. The van der Waals surface area contributed by atoms with E-state index >= 15 is 0 Å². The zero-order valence-corrected chi connectivity index (χ0v) is 16.3. The molecular weight excluding hydrogens is 368 g/mol. The van der Waals surface area contributed by atoms with Crippen molar-refractivity contribution in [2.24, 2.45) is 0 Å². The molecule has 1 aliphatic carbocycles. The zero-order chi connectivity index (χ0) is 17.9. The van der Waals surface area contributed by atoms with Crippen molar-refractivity contribution in [1.29, 1.82) is 0 Å². The predicted molar refractivity (Wildman–Crippen MR) is 103 cm³/mol. The number of nitrogens with one attached hydrogen (secondary N) is 1. The maximum atomic E-state index is 5.57. The van der Waals surface area contributed by atoms with Crippen LogP contribution in [-0.2, 0) is 5.75 Å². The Morgan fingerprint density at radius 2 is 2.15 bits per heavy atom. The molecule has 0 atom stereocenters. The summed E-state index contributed by atoms with van der Waals surface area (Å²) in [6, 6.07) is 5.92. The third kappa shape index (κ3) is 3.86. The quantitative estimate of drug-likeness (QED) is 0.573. The number of nitrogens with zero attached hydrogens (tertiary/aromatic N) is 3. The molecule has 0 saturated heterocycles. The predicted octanol–water partition coefficient (Wildman–Crippen LogP) is 4.51. The maximum absolute atomic E-state index is 5.57. The van der Waals surface area contributed by atoms with Crippen LogP contribution in [0.4, 0.5) is 0 Å². The van der Waals surface area contributed by atoms with Crippen LogP contribution >= 0.6 is 23.1 Å². The third-order valence-corrected chi connectivity index (χ3v) is 5.88. The average molecular weight is 389 g/mol. The minimum absolute atomic E-state index is 0.595. The van der Waals surface area contributed by atoms with Crippen LogP contribution in [0.3, 0.4) is 0 Å². The Morgan fingerprint density at radius 1 is 1.27 bits per heavy atom. The molecule has 0 spiro atoms. The molecule has 4 rings (SSSR count). The van der Waals surface area contributed by atoms with Crippen molar-refractivity contribution in [3.05, 3.63) is 35.1 Å². The van der Waals surface area contributed by atoms with Gasteiger partial charge in [-0.3, -0.25) is 5.10 Å². The first-order chi connectivity index (χ1) is 12.8. The zero-order valence-electron chi connectivity index (χ0n) is 14.7. The second-order valence-electron chi connectivity index (χ2n) is 6.01. The van der Waals surface area contributed by atoms with Gasteiger partial charge in [-0.25, -0.2) is 9.97 Å². The summed E-state index contributed by atoms with van der Waals surface area (Å²) in [6.07, 6.45) is 2.45. The van der Waals surface area contributed by atoms with Gasteiger partial charge < -0.3 is 9.47 Å². The summed E-state index contributed by atoms with van der Waals surface area (Å²) in [6.45, 7) is 2.57. The molecule has 1 fully saturated rings. The number of hydrogen-bond acceptors (Lipinski definition) is 7. The molecule has 1 aliphatic rings. The van der Waals surface area contributed by atoms with Crippen LogP contribution in [0.5, 0.6) is 11.5 Å². The number of rotatable bonds is 8. The van der Waals surface area contributed by atoms with Crippen LogP contribution in [0.2, 0.25) is 0 Å². The summed E-state index contributed by atoms with van der Waals surface area (Å²) in [7, 11) is 1.65. The van der Waals surface area contributed by atoms with Gasteiger partial charge in [0.05, 0.1) is 19.4 Å². The summed E-state index contributed by atoms with van der Waals surface area (Å²) in [5.41, 5.74) is 2.06. The molecule has 0 aliphatic heterocycles. The summed E-state index contributed by atoms with van der Waals surface area (Å²) >= 11 is 3.24. The van der Waals surface area contributed by atoms with Gasteiger partial charge in [0.2, 0.25) is 5.16 Å². The number of aromatic amines is 1. The summed E-state index contributed by atoms with van der Waals surface area (Å²) in [5, 5.41) is 11.2. The molecule has 2 aromatic heterocycles. The van der Waals surface area contributed by atoms with Crippen LogP contribution in [0, 0.1) is 0 Å². The smallest absolute Gasteiger partial charge is 0.208 e. The number of benzene rings is 1. The first kappa shape index (κ1) is 17.4. The van der Waals surface area contributed by atoms with Crippen LogP contribution in [0.25, 0.3) is 10.6 Å². The molecule has 1 N–H and O–H groups in total. The standard InChI is InChI=1S/C18H20N4O2S2/c1-3-24-14-7-6-12(8-15(14)23-2)17-19-13(9-25-17)10-26-18-20-16(21-22-18)11-4-5-11/h6-9,11H,3-5,10H2,1-2H3,(H,20,21,22). The second kappa shape index (κ2) is 7.67. The van der Waals surface area contributed by atoms with E-state index in [0.717, 1.165) is 44.5 Å². The van der Waals surface area contributed by atoms with E-state index in [1.807, 2.05) is 25.1 Å². The Morgan fingerprint density at radius 3 is 2.92 bits per heavy atom. The number of thiazole rings is 1. The maximum Gasteiger partial charge on any atom is 0.208 e. The molecule has 0 bridgehead atoms. The molecule has 2 heterocycles. The van der Waals surface area contributed by atoms with Gasteiger partial charge in [-0.2, -0.15) is 0 Å². The molecule has 0 radical (unpaired) electrons. The van der Waals surface area contributed by atoms with Gasteiger partial charge in [0.25, 0.3) is 0 Å². The van der Waals surface area contributed by atoms with Gasteiger partial charge in [-0.05, 0) is 38.0 Å². The van der Waals surface area contributed by atoms with Gasteiger partial charge in [0, 0.05) is 22.6 Å². The molecule has 8 heteroatoms. The molecular formula is C18H20N4O2S2. The fraction of sp³-hybridized carbons (Fsp3) is 0.389. The van der Waals surface area contributed by atoms with Gasteiger partial charge in [0.1, 0.15) is 10.8 Å². The monoisotopic (exact) mass is 388 g/mol. The third-order valence-electron chi connectivity index (χ3n) is 4.06. The van der Waals surface area contributed by atoms with Crippen molar-refractivity contribution in [2.75, 3.05) is 13.7 Å². The van der Waals surface area contributed by atoms with E-state index in [1.54, 1.807) is 30.2 Å². The summed E-state index contributed by atoms with van der Waals surface area (Å²) in [4.78, 5) is 9.28. The first-order valence-corrected chi connectivity index (χ1v) is 10.4. The van der Waals surface area contributed by atoms with Crippen molar-refractivity contribution in [3.8, 4) is 22.1 Å². The number of aromatic nitrogens is 4. The lowest BCUT2D eigenvalue weighted by molar-refractivity contribution is 0.311. The summed E-state index contributed by atoms with van der Waals surface area (Å²) < 4.78 is 11.0. The molecule has 6 nitrogen and oxygen atoms in total. The van der Waals surface area contributed by atoms with Crippen LogP contribution in [0.1, 0.15) is 37.2 Å². The highest BCUT2D eigenvalue weighted by Gasteiger charge is 2.27. The van der Waals surface area contributed by atoms with E-state index in [1.165, 1.54) is 12.8 Å². The largest absolute Gasteiger partial charge is 0.493 e. The average Bonchev–Trinajstić information content (AvgIpc) is 3.22. The molecule has 26 heavy (non-hydrogen) atoms. The Kier molecular flexibility index (Phi) is 5.12. The summed E-state index contributed by atoms with van der Waals surface area (Å²) in [5.74, 6) is 3.85. The molecule has 0 unspecified atom stereocenters. The number of H-pyrrole nitrogens is 1. The Balaban J connectivity index is 1.43. The number of hydrogen-bond donors (Lipinski definition) is 1. The highest BCUT2D eigenvalue weighted by molar-refractivity contribution is 7.98. The van der Waals surface area contributed by atoms with Crippen molar-refractivity contribution in [3.63, 3.8) is 0 Å². The molecule has 0 amide bonds. The first-order valence-electron chi connectivity index (χ1n) is 8.57. The minimum atomic E-state index is 0.595. The van der Waals surface area contributed by atoms with E-state index in [0.29, 0.717) is 12.5 Å². The molecule has 136 valence electrons. The van der Waals surface area contributed by atoms with E-state index in [9.17, 15) is 0 Å². The highest BCUT2D eigenvalue weighted by atomic mass is 32.2. The lowest BCUT2D eigenvalue weighted by atomic mass is 10.2. The van der Waals surface area contributed by atoms with Crippen LogP contribution in [-0.4, -0.2) is 33.9 Å². The van der Waals surface area contributed by atoms with E-state index in [4.69, 9.17) is 14.5 Å². The number of methoxy groups -OCH3 is 1. The van der Waals surface area contributed by atoms with Crippen molar-refractivity contribution in [1.82, 2.24) is 20.2 Å². The molecule has 1 aromatic carbocycles. The number of thioether (sulfide) groups is 1. The lowest BCUT2D eigenvalue weighted by Crippen LogP contribution is -1.95. The van der Waals surface area contributed by atoms with Gasteiger partial charge >= 0.3 is 0 Å². The normalized spacial score (nSPS) is 13.8. The Hall–Kier alpha value is -2.06. The molecule has 3 aromatic rings. The Bertz CT molecular complexity index is 889. The van der Waals surface area contributed by atoms with E-state index < -0.39 is 0 Å². The topological polar surface area (TPSA) is 72.9 Å². The van der Waals surface area contributed by atoms with Gasteiger partial charge in [-0.1, -0.05) is 11.8 Å². The number of ether oxygens (including phenoxy) is 2. The SMILES string of the molecule is CCOc1ccc(-c2nc(CSc3n[nH]c(C4CC4)n3)cs2)cc1OC.